The van der Waals surface area contributed by atoms with E-state index in [1.165, 1.54) is 24.9 Å². The summed E-state index contributed by atoms with van der Waals surface area (Å²) in [5.41, 5.74) is 2.34. The Balaban J connectivity index is 1.38. The van der Waals surface area contributed by atoms with Crippen LogP contribution in [0, 0.1) is 0 Å². The zero-order valence-electron chi connectivity index (χ0n) is 15.2. The zero-order valence-corrected chi connectivity index (χ0v) is 15.2. The molecule has 0 aromatic heterocycles. The second kappa shape index (κ2) is 8.90. The highest BCUT2D eigenvalue weighted by atomic mass is 16.2. The Kier molecular flexibility index (Phi) is 6.34. The molecule has 0 spiro atoms. The van der Waals surface area contributed by atoms with Crippen LogP contribution in [0.15, 0.2) is 36.4 Å². The van der Waals surface area contributed by atoms with E-state index in [0.29, 0.717) is 19.1 Å². The van der Waals surface area contributed by atoms with Crippen LogP contribution >= 0.6 is 0 Å². The number of hydrogen-bond donors (Lipinski definition) is 2. The molecule has 2 amide bonds. The summed E-state index contributed by atoms with van der Waals surface area (Å²) in [6.45, 7) is 7.56. The van der Waals surface area contributed by atoms with Gasteiger partial charge in [0.05, 0.1) is 0 Å². The first kappa shape index (κ1) is 17.8. The summed E-state index contributed by atoms with van der Waals surface area (Å²) in [4.78, 5) is 16.8. The maximum absolute atomic E-state index is 12.0. The van der Waals surface area contributed by atoms with Crippen molar-refractivity contribution in [1.29, 1.82) is 0 Å². The minimum atomic E-state index is -0.0853. The fraction of sp³-hybridized carbons (Fsp3) is 0.550. The summed E-state index contributed by atoms with van der Waals surface area (Å²) in [5, 5.41) is 5.94. The molecule has 0 bridgehead atoms. The molecular formula is C20H30N4O. The summed E-state index contributed by atoms with van der Waals surface area (Å²) < 4.78 is 0. The van der Waals surface area contributed by atoms with Gasteiger partial charge in [0.2, 0.25) is 0 Å². The Bertz CT molecular complexity index is 593. The molecular weight excluding hydrogens is 312 g/mol. The van der Waals surface area contributed by atoms with Crippen molar-refractivity contribution < 1.29 is 4.79 Å². The molecule has 1 saturated heterocycles. The molecule has 0 aliphatic carbocycles. The molecule has 5 nitrogen and oxygen atoms in total. The van der Waals surface area contributed by atoms with E-state index in [2.05, 4.69) is 63.8 Å². The van der Waals surface area contributed by atoms with E-state index < -0.39 is 0 Å². The second-order valence-corrected chi connectivity index (χ2v) is 7.04. The average Bonchev–Trinajstić information content (AvgIpc) is 3.17. The molecule has 136 valence electrons. The van der Waals surface area contributed by atoms with Crippen LogP contribution in [0.25, 0.3) is 0 Å². The van der Waals surface area contributed by atoms with Gasteiger partial charge >= 0.3 is 6.03 Å². The van der Waals surface area contributed by atoms with Crippen LogP contribution in [-0.4, -0.2) is 49.7 Å². The van der Waals surface area contributed by atoms with Crippen LogP contribution in [0.2, 0.25) is 0 Å². The lowest BCUT2D eigenvalue weighted by Crippen LogP contribution is -2.44. The molecule has 2 aliphatic rings. The van der Waals surface area contributed by atoms with E-state index in [0.717, 1.165) is 31.7 Å². The number of piperidine rings is 1. The van der Waals surface area contributed by atoms with E-state index in [1.54, 1.807) is 0 Å². The highest BCUT2D eigenvalue weighted by molar-refractivity contribution is 5.73. The predicted molar refractivity (Wildman–Crippen MR) is 103 cm³/mol. The Labute approximate surface area is 151 Å². The third kappa shape index (κ3) is 5.23. The van der Waals surface area contributed by atoms with Crippen LogP contribution in [0.1, 0.15) is 31.7 Å². The van der Waals surface area contributed by atoms with Gasteiger partial charge < -0.3 is 15.5 Å². The highest BCUT2D eigenvalue weighted by Crippen LogP contribution is 2.18. The van der Waals surface area contributed by atoms with Crippen molar-refractivity contribution in [3.8, 4) is 0 Å². The number of anilines is 1. The number of hydrogen-bond acceptors (Lipinski definition) is 3. The van der Waals surface area contributed by atoms with Crippen LogP contribution in [0.3, 0.4) is 0 Å². The molecule has 1 aromatic carbocycles. The SMILES string of the molecule is C[C@@H]1CCCCN1CCNC(=O)NCc1cccc(N2CC=CC2)c1. The monoisotopic (exact) mass is 342 g/mol. The predicted octanol–water partition coefficient (Wildman–Crippen LogP) is 2.74. The topological polar surface area (TPSA) is 47.6 Å². The van der Waals surface area contributed by atoms with Crippen molar-refractivity contribution in [2.45, 2.75) is 38.8 Å². The lowest BCUT2D eigenvalue weighted by Gasteiger charge is -2.33. The van der Waals surface area contributed by atoms with Crippen molar-refractivity contribution in [3.63, 3.8) is 0 Å². The van der Waals surface area contributed by atoms with E-state index >= 15 is 0 Å². The smallest absolute Gasteiger partial charge is 0.315 e. The van der Waals surface area contributed by atoms with Gasteiger partial charge in [-0.05, 0) is 44.0 Å². The van der Waals surface area contributed by atoms with Gasteiger partial charge in [-0.15, -0.1) is 0 Å². The fourth-order valence-corrected chi connectivity index (χ4v) is 3.60. The van der Waals surface area contributed by atoms with Gasteiger partial charge in [-0.3, -0.25) is 4.90 Å². The standard InChI is InChI=1S/C20H30N4O/c1-17-7-2-3-11-23(17)14-10-21-20(25)22-16-18-8-6-9-19(15-18)24-12-4-5-13-24/h4-6,8-9,15,17H,2-3,7,10-14,16H2,1H3,(H2,21,22,25)/t17-/m1/s1. The van der Waals surface area contributed by atoms with Gasteiger partial charge in [0.1, 0.15) is 0 Å². The van der Waals surface area contributed by atoms with E-state index in [9.17, 15) is 4.79 Å². The van der Waals surface area contributed by atoms with Crippen molar-refractivity contribution >= 4 is 11.7 Å². The summed E-state index contributed by atoms with van der Waals surface area (Å²) >= 11 is 0. The summed E-state index contributed by atoms with van der Waals surface area (Å²) in [7, 11) is 0. The molecule has 1 fully saturated rings. The molecule has 0 saturated carbocycles. The molecule has 1 aromatic rings. The third-order valence-corrected chi connectivity index (χ3v) is 5.17. The van der Waals surface area contributed by atoms with Gasteiger partial charge in [-0.1, -0.05) is 30.7 Å². The molecule has 0 unspecified atom stereocenters. The van der Waals surface area contributed by atoms with E-state index in [4.69, 9.17) is 0 Å². The Hall–Kier alpha value is -2.01. The lowest BCUT2D eigenvalue weighted by molar-refractivity contribution is 0.161. The summed E-state index contributed by atoms with van der Waals surface area (Å²) in [6.07, 6.45) is 8.25. The van der Waals surface area contributed by atoms with Gasteiger partial charge in [0.15, 0.2) is 0 Å². The molecule has 5 heteroatoms. The largest absolute Gasteiger partial charge is 0.364 e. The lowest BCUT2D eigenvalue weighted by atomic mass is 10.0. The Morgan fingerprint density at radius 1 is 1.20 bits per heavy atom. The number of carbonyl (C=O) groups excluding carboxylic acids is 1. The second-order valence-electron chi connectivity index (χ2n) is 7.04. The van der Waals surface area contributed by atoms with Gasteiger partial charge in [-0.2, -0.15) is 0 Å². The Morgan fingerprint density at radius 3 is 2.84 bits per heavy atom. The molecule has 2 heterocycles. The zero-order chi connectivity index (χ0) is 17.5. The molecule has 25 heavy (non-hydrogen) atoms. The van der Waals surface area contributed by atoms with Crippen LogP contribution in [-0.2, 0) is 6.54 Å². The maximum atomic E-state index is 12.0. The molecule has 2 aliphatic heterocycles. The first-order chi connectivity index (χ1) is 12.2. The van der Waals surface area contributed by atoms with Crippen molar-refractivity contribution in [1.82, 2.24) is 15.5 Å². The molecule has 1 atom stereocenters. The molecule has 0 radical (unpaired) electrons. The maximum Gasteiger partial charge on any atom is 0.315 e. The van der Waals surface area contributed by atoms with Gasteiger partial charge in [0.25, 0.3) is 0 Å². The minimum absolute atomic E-state index is 0.0853. The minimum Gasteiger partial charge on any atom is -0.364 e. The quantitative estimate of drug-likeness (QED) is 0.782. The first-order valence-corrected chi connectivity index (χ1v) is 9.47. The Morgan fingerprint density at radius 2 is 2.04 bits per heavy atom. The third-order valence-electron chi connectivity index (χ3n) is 5.17. The van der Waals surface area contributed by atoms with Crippen molar-refractivity contribution in [2.75, 3.05) is 37.6 Å². The van der Waals surface area contributed by atoms with Gasteiger partial charge in [-0.25, -0.2) is 4.79 Å². The number of likely N-dealkylation sites (tertiary alicyclic amines) is 1. The normalized spacial score (nSPS) is 20.7. The summed E-state index contributed by atoms with van der Waals surface area (Å²) in [6, 6.07) is 8.95. The first-order valence-electron chi connectivity index (χ1n) is 9.47. The fourth-order valence-electron chi connectivity index (χ4n) is 3.60. The molecule has 3 rings (SSSR count). The van der Waals surface area contributed by atoms with E-state index in [-0.39, 0.29) is 6.03 Å². The number of amides is 2. The van der Waals surface area contributed by atoms with Crippen LogP contribution in [0.4, 0.5) is 10.5 Å². The number of nitrogens with zero attached hydrogens (tertiary/aromatic N) is 2. The van der Waals surface area contributed by atoms with E-state index in [1.807, 2.05) is 0 Å². The summed E-state index contributed by atoms with van der Waals surface area (Å²) in [5.74, 6) is 0. The van der Waals surface area contributed by atoms with Gasteiger partial charge in [0, 0.05) is 44.5 Å². The highest BCUT2D eigenvalue weighted by Gasteiger charge is 2.17. The van der Waals surface area contributed by atoms with Crippen LogP contribution < -0.4 is 15.5 Å². The number of benzene rings is 1. The van der Waals surface area contributed by atoms with Crippen molar-refractivity contribution in [3.05, 3.63) is 42.0 Å². The molecule has 2 N–H and O–H groups in total. The van der Waals surface area contributed by atoms with Crippen molar-refractivity contribution in [2.24, 2.45) is 0 Å². The number of urea groups is 1. The number of nitrogens with one attached hydrogen (secondary N) is 2. The van der Waals surface area contributed by atoms with Crippen LogP contribution in [0.5, 0.6) is 0 Å². The number of rotatable bonds is 6. The average molecular weight is 342 g/mol. The number of carbonyl (C=O) groups is 1.